The van der Waals surface area contributed by atoms with Crippen molar-refractivity contribution in [1.29, 1.82) is 0 Å². The smallest absolute Gasteiger partial charge is 0.284 e. The molecular weight excluding hydrogens is 542 g/mol. The van der Waals surface area contributed by atoms with Crippen LogP contribution in [-0.4, -0.2) is 29.9 Å². The van der Waals surface area contributed by atoms with Crippen molar-refractivity contribution in [3.8, 4) is 28.3 Å². The zero-order valence-corrected chi connectivity index (χ0v) is 22.8. The Balaban J connectivity index is 1.27. The van der Waals surface area contributed by atoms with Gasteiger partial charge < -0.3 is 10.1 Å². The fourth-order valence-corrected chi connectivity index (χ4v) is 4.86. The van der Waals surface area contributed by atoms with Gasteiger partial charge in [0.15, 0.2) is 17.3 Å². The van der Waals surface area contributed by atoms with Crippen molar-refractivity contribution in [2.45, 2.75) is 13.8 Å². The van der Waals surface area contributed by atoms with Gasteiger partial charge in [-0.05, 0) is 74.0 Å². The highest BCUT2D eigenvalue weighted by molar-refractivity contribution is 6.05. The summed E-state index contributed by atoms with van der Waals surface area (Å²) in [5.41, 5.74) is 3.47. The van der Waals surface area contributed by atoms with Crippen LogP contribution in [0, 0.1) is 25.5 Å². The van der Waals surface area contributed by atoms with E-state index in [0.29, 0.717) is 22.6 Å². The first-order valence-corrected chi connectivity index (χ1v) is 12.9. The third-order valence-corrected chi connectivity index (χ3v) is 6.99. The molecule has 0 atom stereocenters. The molecule has 0 aliphatic heterocycles. The lowest BCUT2D eigenvalue weighted by Gasteiger charge is -2.11. The third kappa shape index (κ3) is 4.70. The average Bonchev–Trinajstić information content (AvgIpc) is 3.50. The van der Waals surface area contributed by atoms with E-state index in [2.05, 4.69) is 15.4 Å². The van der Waals surface area contributed by atoms with Crippen LogP contribution in [0.2, 0.25) is 0 Å². The van der Waals surface area contributed by atoms with E-state index in [1.54, 1.807) is 43.1 Å². The number of amides is 1. The Bertz CT molecular complexity index is 2040. The van der Waals surface area contributed by atoms with E-state index in [4.69, 9.17) is 4.74 Å². The Hall–Kier alpha value is -5.58. The van der Waals surface area contributed by atoms with Gasteiger partial charge in [0, 0.05) is 48.5 Å². The highest BCUT2D eigenvalue weighted by Gasteiger charge is 2.23. The molecule has 1 amide bonds. The topological polar surface area (TPSA) is 95.5 Å². The van der Waals surface area contributed by atoms with Gasteiger partial charge in [0.1, 0.15) is 16.9 Å². The second kappa shape index (κ2) is 10.4. The summed E-state index contributed by atoms with van der Waals surface area (Å²) in [7, 11) is 1.62. The Morgan fingerprint density at radius 1 is 0.929 bits per heavy atom. The number of hydrogen-bond donors (Lipinski definition) is 1. The number of nitrogens with one attached hydrogen (secondary N) is 1. The van der Waals surface area contributed by atoms with Crippen LogP contribution in [0.15, 0.2) is 90.1 Å². The number of carbonyl (C=O) groups excluding carboxylic acids is 1. The number of pyridine rings is 1. The first-order chi connectivity index (χ1) is 20.2. The van der Waals surface area contributed by atoms with Crippen LogP contribution in [0.4, 0.5) is 14.5 Å². The highest BCUT2D eigenvalue weighted by atomic mass is 19.1. The van der Waals surface area contributed by atoms with Crippen molar-refractivity contribution in [3.63, 3.8) is 0 Å². The van der Waals surface area contributed by atoms with Gasteiger partial charge in [-0.3, -0.25) is 19.3 Å². The summed E-state index contributed by atoms with van der Waals surface area (Å²) in [6, 6.07) is 16.7. The molecule has 42 heavy (non-hydrogen) atoms. The van der Waals surface area contributed by atoms with E-state index in [1.807, 2.05) is 25.1 Å². The molecule has 0 saturated carbocycles. The van der Waals surface area contributed by atoms with Gasteiger partial charge in [0.05, 0.1) is 17.6 Å². The number of rotatable bonds is 6. The van der Waals surface area contributed by atoms with Crippen LogP contribution in [0.5, 0.6) is 11.5 Å². The molecule has 0 unspecified atom stereocenters. The summed E-state index contributed by atoms with van der Waals surface area (Å²) in [4.78, 5) is 30.6. The van der Waals surface area contributed by atoms with Crippen molar-refractivity contribution in [2.75, 3.05) is 5.32 Å². The van der Waals surface area contributed by atoms with Gasteiger partial charge in [-0.25, -0.2) is 18.0 Å². The number of fused-ring (bicyclic) bond motifs is 1. The molecule has 4 heterocycles. The van der Waals surface area contributed by atoms with E-state index in [1.165, 1.54) is 45.8 Å². The summed E-state index contributed by atoms with van der Waals surface area (Å²) in [6.07, 6.45) is 5.06. The summed E-state index contributed by atoms with van der Waals surface area (Å²) < 4.78 is 39.1. The molecule has 0 bridgehead atoms. The fourth-order valence-electron chi connectivity index (χ4n) is 4.86. The second-order valence-corrected chi connectivity index (χ2v) is 9.68. The van der Waals surface area contributed by atoms with Gasteiger partial charge in [0.2, 0.25) is 0 Å². The summed E-state index contributed by atoms with van der Waals surface area (Å²) in [6.45, 7) is 3.51. The van der Waals surface area contributed by atoms with Gasteiger partial charge in [0.25, 0.3) is 11.5 Å². The van der Waals surface area contributed by atoms with Crippen molar-refractivity contribution in [3.05, 3.63) is 124 Å². The second-order valence-electron chi connectivity index (χ2n) is 9.68. The first kappa shape index (κ1) is 26.6. The van der Waals surface area contributed by atoms with Crippen LogP contribution in [0.3, 0.4) is 0 Å². The number of benzene rings is 2. The number of ether oxygens (including phenoxy) is 1. The molecular formula is C31H24F2N6O3. The molecule has 11 heteroatoms. The lowest BCUT2D eigenvalue weighted by molar-refractivity contribution is 0.102. The maximum atomic E-state index is 15.3. The molecule has 0 aliphatic carbocycles. The summed E-state index contributed by atoms with van der Waals surface area (Å²) >= 11 is 0. The quantitative estimate of drug-likeness (QED) is 0.274. The molecule has 6 rings (SSSR count). The molecule has 6 aromatic rings. The molecule has 0 spiro atoms. The van der Waals surface area contributed by atoms with E-state index in [-0.39, 0.29) is 17.0 Å². The molecule has 4 aromatic heterocycles. The van der Waals surface area contributed by atoms with E-state index in [9.17, 15) is 14.0 Å². The predicted octanol–water partition coefficient (Wildman–Crippen LogP) is 5.83. The maximum Gasteiger partial charge on any atom is 0.284 e. The number of halogens is 2. The minimum atomic E-state index is -0.718. The molecule has 9 nitrogen and oxygen atoms in total. The Labute approximate surface area is 238 Å². The van der Waals surface area contributed by atoms with Crippen LogP contribution in [0.25, 0.3) is 22.3 Å². The predicted molar refractivity (Wildman–Crippen MR) is 153 cm³/mol. The normalized spacial score (nSPS) is 11.2. The Kier molecular flexibility index (Phi) is 6.62. The number of anilines is 1. The number of carbonyl (C=O) groups is 1. The number of hydrogen-bond acceptors (Lipinski definition) is 5. The number of aryl methyl sites for hydroxylation is 1. The van der Waals surface area contributed by atoms with Gasteiger partial charge >= 0.3 is 0 Å². The van der Waals surface area contributed by atoms with Crippen LogP contribution >= 0.6 is 0 Å². The van der Waals surface area contributed by atoms with Crippen LogP contribution in [-0.2, 0) is 7.05 Å². The Morgan fingerprint density at radius 2 is 1.71 bits per heavy atom. The SMILES string of the molecule is Cc1cc(-c2ccn3nccc(Oc4ccc(NC(=O)c5c(C)n(C)n(-c6ccc(F)cc6)c5=O)cc4F)c23)ccn1. The molecule has 2 aromatic carbocycles. The standard InChI is InChI=1S/C31H24F2N6O3/c1-18-16-20(10-13-34-18)24-12-15-38-29(24)27(11-14-35-38)42-26-9-6-22(17-25(26)33)36-30(40)28-19(2)37(3)39(31(28)41)23-7-4-21(32)5-8-23/h4-17H,1-3H3,(H,36,40). The van der Waals surface area contributed by atoms with Gasteiger partial charge in [-0.15, -0.1) is 0 Å². The van der Waals surface area contributed by atoms with Crippen LogP contribution in [0.1, 0.15) is 21.7 Å². The zero-order chi connectivity index (χ0) is 29.5. The van der Waals surface area contributed by atoms with Crippen molar-refractivity contribution < 1.29 is 18.3 Å². The Morgan fingerprint density at radius 3 is 2.45 bits per heavy atom. The van der Waals surface area contributed by atoms with Crippen molar-refractivity contribution >= 4 is 17.1 Å². The average molecular weight is 567 g/mol. The molecule has 0 aliphatic rings. The zero-order valence-electron chi connectivity index (χ0n) is 22.8. The molecule has 0 saturated heterocycles. The largest absolute Gasteiger partial charge is 0.452 e. The lowest BCUT2D eigenvalue weighted by Crippen LogP contribution is -2.25. The summed E-state index contributed by atoms with van der Waals surface area (Å²) in [5, 5.41) is 6.92. The minimum absolute atomic E-state index is 0.0614. The highest BCUT2D eigenvalue weighted by Crippen LogP contribution is 2.35. The van der Waals surface area contributed by atoms with Gasteiger partial charge in [-0.1, -0.05) is 0 Å². The molecule has 1 N–H and O–H groups in total. The number of aromatic nitrogens is 5. The van der Waals surface area contributed by atoms with E-state index >= 15 is 4.39 Å². The van der Waals surface area contributed by atoms with Crippen LogP contribution < -0.4 is 15.6 Å². The molecule has 0 fully saturated rings. The van der Waals surface area contributed by atoms with E-state index < -0.39 is 23.1 Å². The van der Waals surface area contributed by atoms with Crippen molar-refractivity contribution in [2.24, 2.45) is 7.05 Å². The number of nitrogens with zero attached hydrogens (tertiary/aromatic N) is 5. The first-order valence-electron chi connectivity index (χ1n) is 12.9. The minimum Gasteiger partial charge on any atom is -0.452 e. The summed E-state index contributed by atoms with van der Waals surface area (Å²) in [5.74, 6) is -1.55. The lowest BCUT2D eigenvalue weighted by atomic mass is 10.1. The van der Waals surface area contributed by atoms with Gasteiger partial charge in [-0.2, -0.15) is 5.10 Å². The molecule has 210 valence electrons. The third-order valence-electron chi connectivity index (χ3n) is 6.99. The van der Waals surface area contributed by atoms with Crippen molar-refractivity contribution in [1.82, 2.24) is 24.0 Å². The fraction of sp³-hybridized carbons (Fsp3) is 0.0968. The van der Waals surface area contributed by atoms with E-state index in [0.717, 1.165) is 22.9 Å². The molecule has 0 radical (unpaired) electrons. The monoisotopic (exact) mass is 566 g/mol. The maximum absolute atomic E-state index is 15.3.